The molecule has 4 rings (SSSR count). The first-order chi connectivity index (χ1) is 13.4. The van der Waals surface area contributed by atoms with Gasteiger partial charge in [-0.25, -0.2) is 0 Å². The second-order valence-electron chi connectivity index (χ2n) is 5.94. The van der Waals surface area contributed by atoms with Gasteiger partial charge in [0.2, 0.25) is 0 Å². The number of carboxylic acid groups (broad SMARTS) is 2. The van der Waals surface area contributed by atoms with E-state index in [9.17, 15) is 30.0 Å². The van der Waals surface area contributed by atoms with Gasteiger partial charge in [-0.1, -0.05) is 60.7 Å². The summed E-state index contributed by atoms with van der Waals surface area (Å²) < 4.78 is 0. The zero-order valence-corrected chi connectivity index (χ0v) is 18.1. The van der Waals surface area contributed by atoms with E-state index >= 15 is 0 Å². The van der Waals surface area contributed by atoms with Gasteiger partial charge in [0.15, 0.2) is 0 Å². The summed E-state index contributed by atoms with van der Waals surface area (Å²) in [5.41, 5.74) is -0.300. The van der Waals surface area contributed by atoms with Gasteiger partial charge >= 0.3 is 19.5 Å². The Kier molecular flexibility index (Phi) is 6.91. The molecule has 0 saturated carbocycles. The number of carbonyl (C=O) groups excluding carboxylic acids is 2. The third-order valence-electron chi connectivity index (χ3n) is 4.22. The number of aromatic hydroxyl groups is 2. The third kappa shape index (κ3) is 4.53. The normalized spacial score (nSPS) is 9.93. The second kappa shape index (κ2) is 9.17. The summed E-state index contributed by atoms with van der Waals surface area (Å²) in [6.45, 7) is 0. The summed E-state index contributed by atoms with van der Waals surface area (Å²) in [6, 6.07) is 19.9. The summed E-state index contributed by atoms with van der Waals surface area (Å²) in [6.07, 6.45) is 0. The number of carbonyl (C=O) groups is 2. The Bertz CT molecular complexity index is 1110. The van der Waals surface area contributed by atoms with Gasteiger partial charge in [-0.3, -0.25) is 0 Å². The van der Waals surface area contributed by atoms with E-state index in [4.69, 9.17) is 0 Å². The number of aromatic carboxylic acids is 2. The number of rotatable bonds is 2. The van der Waals surface area contributed by atoms with Crippen LogP contribution in [0.3, 0.4) is 0 Å². The van der Waals surface area contributed by atoms with Crippen LogP contribution >= 0.6 is 0 Å². The van der Waals surface area contributed by atoms with Crippen LogP contribution in [0, 0.1) is 0 Å². The molecule has 4 aromatic carbocycles. The van der Waals surface area contributed by atoms with Crippen LogP contribution in [0.15, 0.2) is 72.8 Å². The first kappa shape index (κ1) is 21.9. The number of phenols is 2. The Morgan fingerprint density at radius 3 is 1.28 bits per heavy atom. The van der Waals surface area contributed by atoms with Crippen LogP contribution in [0.2, 0.25) is 0 Å². The van der Waals surface area contributed by atoms with Gasteiger partial charge in [0.25, 0.3) is 0 Å². The molecule has 0 aliphatic carbocycles. The van der Waals surface area contributed by atoms with E-state index in [-0.39, 0.29) is 42.1 Å². The molecule has 7 heteroatoms. The van der Waals surface area contributed by atoms with Gasteiger partial charge in [-0.15, -0.1) is 0 Å². The second-order valence-corrected chi connectivity index (χ2v) is 5.94. The van der Waals surface area contributed by atoms with Gasteiger partial charge in [0, 0.05) is 11.1 Å². The zero-order chi connectivity index (χ0) is 20.3. The number of hydrogen-bond acceptors (Lipinski definition) is 6. The van der Waals surface area contributed by atoms with E-state index in [0.29, 0.717) is 10.8 Å². The molecule has 0 aliphatic rings. The van der Waals surface area contributed by atoms with Crippen molar-refractivity contribution in [3.05, 3.63) is 83.9 Å². The molecular formula is C22H14O6Zn. The van der Waals surface area contributed by atoms with Crippen molar-refractivity contribution in [2.45, 2.75) is 0 Å². The van der Waals surface area contributed by atoms with E-state index in [1.54, 1.807) is 60.7 Å². The average molecular weight is 440 g/mol. The summed E-state index contributed by atoms with van der Waals surface area (Å²) in [5.74, 6) is -3.24. The van der Waals surface area contributed by atoms with E-state index in [1.807, 2.05) is 0 Å². The van der Waals surface area contributed by atoms with Crippen molar-refractivity contribution in [2.75, 3.05) is 0 Å². The van der Waals surface area contributed by atoms with Gasteiger partial charge < -0.3 is 30.0 Å². The third-order valence-corrected chi connectivity index (χ3v) is 4.22. The molecule has 0 spiro atoms. The van der Waals surface area contributed by atoms with Crippen LogP contribution in [-0.2, 0) is 19.5 Å². The van der Waals surface area contributed by atoms with Crippen LogP contribution in [-0.4, -0.2) is 22.2 Å². The van der Waals surface area contributed by atoms with E-state index in [1.165, 1.54) is 12.1 Å². The summed E-state index contributed by atoms with van der Waals surface area (Å²) in [4.78, 5) is 21.5. The Hall–Kier alpha value is -3.44. The Balaban J connectivity index is 0.000000200. The number of benzene rings is 4. The molecule has 0 fully saturated rings. The molecule has 0 unspecified atom stereocenters. The SMILES string of the molecule is O=C([O-])c1c(O)ccc2ccccc12.O=C([O-])c1c(O)ccc2ccccc12.[Zn+2]. The molecule has 0 saturated heterocycles. The van der Waals surface area contributed by atoms with Crippen LogP contribution in [0.5, 0.6) is 11.5 Å². The molecule has 0 radical (unpaired) electrons. The maximum Gasteiger partial charge on any atom is 2.00 e. The standard InChI is InChI=1S/2C11H8O3.Zn/c2*12-9-6-5-7-3-1-2-4-8(7)10(9)11(13)14;/h2*1-6,12H,(H,13,14);/q;;+2/p-2. The van der Waals surface area contributed by atoms with Crippen molar-refractivity contribution in [3.63, 3.8) is 0 Å². The van der Waals surface area contributed by atoms with Gasteiger partial charge in [-0.2, -0.15) is 0 Å². The topological polar surface area (TPSA) is 121 Å². The van der Waals surface area contributed by atoms with Gasteiger partial charge in [0.05, 0.1) is 11.9 Å². The molecule has 0 heterocycles. The van der Waals surface area contributed by atoms with E-state index in [0.717, 1.165) is 10.8 Å². The number of hydrogen-bond donors (Lipinski definition) is 2. The first-order valence-corrected chi connectivity index (χ1v) is 8.24. The molecule has 140 valence electrons. The molecule has 4 aromatic rings. The molecule has 0 amide bonds. The fourth-order valence-corrected chi connectivity index (χ4v) is 2.95. The van der Waals surface area contributed by atoms with Crippen LogP contribution in [0.25, 0.3) is 21.5 Å². The molecule has 29 heavy (non-hydrogen) atoms. The average Bonchev–Trinajstić information content (AvgIpc) is 2.67. The first-order valence-electron chi connectivity index (χ1n) is 8.24. The number of fused-ring (bicyclic) bond motifs is 2. The maximum atomic E-state index is 10.8. The zero-order valence-electron chi connectivity index (χ0n) is 15.2. The minimum atomic E-state index is -1.36. The number of carboxylic acids is 2. The van der Waals surface area contributed by atoms with Crippen molar-refractivity contribution < 1.29 is 49.5 Å². The largest absolute Gasteiger partial charge is 2.00 e. The fraction of sp³-hybridized carbons (Fsp3) is 0. The van der Waals surface area contributed by atoms with Crippen molar-refractivity contribution in [1.82, 2.24) is 0 Å². The monoisotopic (exact) mass is 438 g/mol. The summed E-state index contributed by atoms with van der Waals surface area (Å²) in [7, 11) is 0. The van der Waals surface area contributed by atoms with Crippen molar-refractivity contribution in [2.24, 2.45) is 0 Å². The molecule has 6 nitrogen and oxygen atoms in total. The minimum Gasteiger partial charge on any atom is -0.545 e. The summed E-state index contributed by atoms with van der Waals surface area (Å²) >= 11 is 0. The van der Waals surface area contributed by atoms with Crippen LogP contribution < -0.4 is 10.2 Å². The van der Waals surface area contributed by atoms with Crippen molar-refractivity contribution in [1.29, 1.82) is 0 Å². The van der Waals surface area contributed by atoms with Crippen molar-refractivity contribution >= 4 is 33.5 Å². The van der Waals surface area contributed by atoms with Crippen LogP contribution in [0.1, 0.15) is 20.7 Å². The molecule has 0 bridgehead atoms. The summed E-state index contributed by atoms with van der Waals surface area (Å²) in [5, 5.41) is 42.8. The van der Waals surface area contributed by atoms with Gasteiger partial charge in [0.1, 0.15) is 11.5 Å². The molecule has 0 atom stereocenters. The minimum absolute atomic E-state index is 0. The predicted molar refractivity (Wildman–Crippen MR) is 99.9 cm³/mol. The van der Waals surface area contributed by atoms with Gasteiger partial charge in [-0.05, 0) is 33.7 Å². The van der Waals surface area contributed by atoms with Crippen LogP contribution in [0.4, 0.5) is 0 Å². The molecule has 0 aromatic heterocycles. The molecule has 2 N–H and O–H groups in total. The Labute approximate surface area is 178 Å². The Morgan fingerprint density at radius 1 is 0.586 bits per heavy atom. The molecule has 0 aliphatic heterocycles. The predicted octanol–water partition coefficient (Wildman–Crippen LogP) is 1.82. The Morgan fingerprint density at radius 2 is 0.931 bits per heavy atom. The van der Waals surface area contributed by atoms with Crippen molar-refractivity contribution in [3.8, 4) is 11.5 Å². The maximum absolute atomic E-state index is 10.8. The fourth-order valence-electron chi connectivity index (χ4n) is 2.95. The van der Waals surface area contributed by atoms with E-state index in [2.05, 4.69) is 0 Å². The quantitative estimate of drug-likeness (QED) is 0.460. The smallest absolute Gasteiger partial charge is 0.545 e. The van der Waals surface area contributed by atoms with E-state index < -0.39 is 11.9 Å². The molecular weight excluding hydrogens is 426 g/mol.